The quantitative estimate of drug-likeness (QED) is 0.159. The Balaban J connectivity index is 3.23. The molecule has 29 heavy (non-hydrogen) atoms. The molecule has 0 fully saturated rings. The van der Waals surface area contributed by atoms with E-state index in [0.717, 1.165) is 6.42 Å². The van der Waals surface area contributed by atoms with Crippen molar-refractivity contribution in [2.45, 2.75) is 130 Å². The molecule has 0 spiro atoms. The summed E-state index contributed by atoms with van der Waals surface area (Å²) in [5, 5.41) is 0. The maximum atomic E-state index is 12.5. The third kappa shape index (κ3) is 10.2. The van der Waals surface area contributed by atoms with Crippen LogP contribution < -0.4 is 0 Å². The van der Waals surface area contributed by atoms with Crippen LogP contribution in [0.15, 0.2) is 23.3 Å². The Hall–Kier alpha value is -0.0513. The molecular formula is C27H50OSn. The van der Waals surface area contributed by atoms with Crippen molar-refractivity contribution in [2.75, 3.05) is 0 Å². The van der Waals surface area contributed by atoms with Crippen molar-refractivity contribution in [1.29, 1.82) is 0 Å². The van der Waals surface area contributed by atoms with E-state index in [2.05, 4.69) is 47.6 Å². The zero-order chi connectivity index (χ0) is 21.8. The minimum absolute atomic E-state index is 0.124. The third-order valence-corrected chi connectivity index (χ3v) is 22.1. The molecule has 0 saturated heterocycles. The second-order valence-corrected chi connectivity index (χ2v) is 24.4. The fourth-order valence-electron chi connectivity index (χ4n) is 5.05. The van der Waals surface area contributed by atoms with Gasteiger partial charge < -0.3 is 0 Å². The summed E-state index contributed by atoms with van der Waals surface area (Å²) in [6.07, 6.45) is 18.4. The second-order valence-electron chi connectivity index (χ2n) is 10.5. The van der Waals surface area contributed by atoms with E-state index in [0.29, 0.717) is 12.2 Å². The van der Waals surface area contributed by atoms with Gasteiger partial charge in [0, 0.05) is 0 Å². The molecule has 1 nitrogen and oxygen atoms in total. The first-order valence-electron chi connectivity index (χ1n) is 12.7. The van der Waals surface area contributed by atoms with Crippen LogP contribution in [0.5, 0.6) is 0 Å². The van der Waals surface area contributed by atoms with Gasteiger partial charge in [0.2, 0.25) is 0 Å². The molecule has 0 atom stereocenters. The van der Waals surface area contributed by atoms with E-state index in [1.165, 1.54) is 67.8 Å². The SMILES string of the molecule is CCCC/C=C(\[CH2][Sn]([CH2]CCC)([CH2]CCC)[CH2]CCC)C1=CC(=O)CC(C)(C)C1. The van der Waals surface area contributed by atoms with Gasteiger partial charge in [-0.15, -0.1) is 0 Å². The number of hydrogen-bond acceptors (Lipinski definition) is 1. The zero-order valence-corrected chi connectivity index (χ0v) is 23.5. The van der Waals surface area contributed by atoms with Gasteiger partial charge in [-0.1, -0.05) is 0 Å². The van der Waals surface area contributed by atoms with Crippen molar-refractivity contribution >= 4 is 24.2 Å². The molecule has 0 aromatic rings. The number of unbranched alkanes of at least 4 members (excludes halogenated alkanes) is 5. The Morgan fingerprint density at radius 2 is 1.41 bits per heavy atom. The van der Waals surface area contributed by atoms with E-state index < -0.39 is 18.4 Å². The Kier molecular flexibility index (Phi) is 13.1. The summed E-state index contributed by atoms with van der Waals surface area (Å²) >= 11 is -2.26. The van der Waals surface area contributed by atoms with E-state index in [1.807, 2.05) is 6.08 Å². The van der Waals surface area contributed by atoms with Crippen molar-refractivity contribution in [3.63, 3.8) is 0 Å². The average Bonchev–Trinajstić information content (AvgIpc) is 2.66. The molecule has 0 bridgehead atoms. The van der Waals surface area contributed by atoms with Gasteiger partial charge in [0.1, 0.15) is 0 Å². The van der Waals surface area contributed by atoms with Crippen LogP contribution in [-0.4, -0.2) is 24.2 Å². The number of ketones is 1. The fraction of sp³-hybridized carbons (Fsp3) is 0.815. The molecular weight excluding hydrogens is 459 g/mol. The van der Waals surface area contributed by atoms with Gasteiger partial charge in [-0.2, -0.15) is 0 Å². The number of carbonyl (C=O) groups is 1. The van der Waals surface area contributed by atoms with Crippen molar-refractivity contribution in [3.8, 4) is 0 Å². The van der Waals surface area contributed by atoms with Crippen LogP contribution in [0.2, 0.25) is 17.7 Å². The van der Waals surface area contributed by atoms with E-state index >= 15 is 0 Å². The van der Waals surface area contributed by atoms with E-state index in [-0.39, 0.29) is 5.41 Å². The minimum atomic E-state index is -2.26. The summed E-state index contributed by atoms with van der Waals surface area (Å²) in [6, 6.07) is 0. The second kappa shape index (κ2) is 14.1. The Labute approximate surface area is 187 Å². The molecule has 0 saturated carbocycles. The normalized spacial score (nSPS) is 17.5. The molecule has 168 valence electrons. The molecule has 1 aliphatic carbocycles. The molecule has 2 heteroatoms. The summed E-state index contributed by atoms with van der Waals surface area (Å²) in [7, 11) is 0. The molecule has 1 rings (SSSR count). The fourth-order valence-corrected chi connectivity index (χ4v) is 21.5. The first-order chi connectivity index (χ1) is 13.8. The Morgan fingerprint density at radius 1 is 0.897 bits per heavy atom. The number of carbonyl (C=O) groups excluding carboxylic acids is 1. The van der Waals surface area contributed by atoms with Gasteiger partial charge in [0.15, 0.2) is 0 Å². The van der Waals surface area contributed by atoms with Crippen molar-refractivity contribution in [2.24, 2.45) is 5.41 Å². The number of rotatable bonds is 15. The van der Waals surface area contributed by atoms with Gasteiger partial charge in [0.05, 0.1) is 0 Å². The van der Waals surface area contributed by atoms with E-state index in [1.54, 1.807) is 18.9 Å². The molecule has 0 unspecified atom stereocenters. The third-order valence-electron chi connectivity index (χ3n) is 6.77. The molecule has 0 amide bonds. The van der Waals surface area contributed by atoms with Crippen molar-refractivity contribution in [1.82, 2.24) is 0 Å². The molecule has 0 aromatic carbocycles. The Bertz CT molecular complexity index is 519. The van der Waals surface area contributed by atoms with Gasteiger partial charge in [-0.3, -0.25) is 0 Å². The monoisotopic (exact) mass is 510 g/mol. The molecule has 0 aromatic heterocycles. The van der Waals surface area contributed by atoms with Crippen molar-refractivity contribution < 1.29 is 4.79 Å². The predicted octanol–water partition coefficient (Wildman–Crippen LogP) is 9.27. The van der Waals surface area contributed by atoms with Crippen LogP contribution in [0.25, 0.3) is 0 Å². The van der Waals surface area contributed by atoms with Crippen LogP contribution in [0.3, 0.4) is 0 Å². The zero-order valence-electron chi connectivity index (χ0n) is 20.7. The topological polar surface area (TPSA) is 17.1 Å². The first-order valence-corrected chi connectivity index (χ1v) is 20.8. The summed E-state index contributed by atoms with van der Waals surface area (Å²) < 4.78 is 6.07. The van der Waals surface area contributed by atoms with Gasteiger partial charge in [-0.25, -0.2) is 0 Å². The molecule has 0 aliphatic heterocycles. The Morgan fingerprint density at radius 3 is 1.86 bits per heavy atom. The maximum absolute atomic E-state index is 12.5. The predicted molar refractivity (Wildman–Crippen MR) is 133 cm³/mol. The number of allylic oxidation sites excluding steroid dienone is 4. The summed E-state index contributed by atoms with van der Waals surface area (Å²) in [4.78, 5) is 12.5. The molecule has 0 N–H and O–H groups in total. The van der Waals surface area contributed by atoms with Gasteiger partial charge in [0.25, 0.3) is 0 Å². The standard InChI is InChI=1S/C15H23O.3C4H9.Sn/c1-5-6-7-8-12(2)13-9-14(16)11-15(3,4)10-13;3*1-3-4-2;/h8-9H,2,5-7,10-11H2,1,3-4H3;3*1,3-4H2,2H3;/b12-8+;;;;. The van der Waals surface area contributed by atoms with Gasteiger partial charge >= 0.3 is 188 Å². The summed E-state index contributed by atoms with van der Waals surface area (Å²) in [6.45, 7) is 13.9. The van der Waals surface area contributed by atoms with Crippen LogP contribution >= 0.6 is 0 Å². The van der Waals surface area contributed by atoms with Crippen LogP contribution in [0.1, 0.15) is 112 Å². The summed E-state index contributed by atoms with van der Waals surface area (Å²) in [5.41, 5.74) is 3.14. The number of hydrogen-bond donors (Lipinski definition) is 0. The van der Waals surface area contributed by atoms with Crippen LogP contribution in [0.4, 0.5) is 0 Å². The molecule has 1 aliphatic rings. The van der Waals surface area contributed by atoms with Gasteiger partial charge in [-0.05, 0) is 0 Å². The average molecular weight is 509 g/mol. The summed E-state index contributed by atoms with van der Waals surface area (Å²) in [5.74, 6) is 0.356. The molecule has 0 radical (unpaired) electrons. The first kappa shape index (κ1) is 27.0. The van der Waals surface area contributed by atoms with Crippen LogP contribution in [-0.2, 0) is 4.79 Å². The van der Waals surface area contributed by atoms with Crippen LogP contribution in [0, 0.1) is 5.41 Å². The van der Waals surface area contributed by atoms with Crippen molar-refractivity contribution in [3.05, 3.63) is 23.3 Å². The van der Waals surface area contributed by atoms with E-state index in [4.69, 9.17) is 0 Å². The molecule has 0 heterocycles. The van der Waals surface area contributed by atoms with E-state index in [9.17, 15) is 4.79 Å².